The SMILES string of the molecule is CCC(C(N)=S)N1C(=O)CC(C)C1=O. The molecule has 2 unspecified atom stereocenters. The van der Waals surface area contributed by atoms with Gasteiger partial charge in [-0.25, -0.2) is 0 Å². The summed E-state index contributed by atoms with van der Waals surface area (Å²) in [6.45, 7) is 3.60. The van der Waals surface area contributed by atoms with E-state index in [1.807, 2.05) is 6.92 Å². The fraction of sp³-hybridized carbons (Fsp3) is 0.667. The third-order valence-electron chi connectivity index (χ3n) is 2.44. The molecule has 0 aromatic carbocycles. The number of imide groups is 1. The number of amides is 2. The van der Waals surface area contributed by atoms with Crippen molar-refractivity contribution in [3.05, 3.63) is 0 Å². The largest absolute Gasteiger partial charge is 0.392 e. The minimum Gasteiger partial charge on any atom is -0.392 e. The van der Waals surface area contributed by atoms with Gasteiger partial charge in [0, 0.05) is 12.3 Å². The topological polar surface area (TPSA) is 63.4 Å². The maximum Gasteiger partial charge on any atom is 0.233 e. The molecule has 0 spiro atoms. The predicted octanol–water partition coefficient (Wildman–Crippen LogP) is 0.446. The van der Waals surface area contributed by atoms with Crippen LogP contribution in [0.1, 0.15) is 26.7 Å². The summed E-state index contributed by atoms with van der Waals surface area (Å²) < 4.78 is 0. The summed E-state index contributed by atoms with van der Waals surface area (Å²) in [5.41, 5.74) is 5.48. The van der Waals surface area contributed by atoms with Gasteiger partial charge in [0.15, 0.2) is 0 Å². The van der Waals surface area contributed by atoms with Crippen LogP contribution in [-0.2, 0) is 9.59 Å². The highest BCUT2D eigenvalue weighted by atomic mass is 32.1. The van der Waals surface area contributed by atoms with E-state index in [0.29, 0.717) is 6.42 Å². The molecule has 0 saturated carbocycles. The Morgan fingerprint density at radius 2 is 2.29 bits per heavy atom. The van der Waals surface area contributed by atoms with Gasteiger partial charge in [-0.05, 0) is 6.42 Å². The van der Waals surface area contributed by atoms with Gasteiger partial charge in [0.25, 0.3) is 0 Å². The highest BCUT2D eigenvalue weighted by Gasteiger charge is 2.40. The van der Waals surface area contributed by atoms with E-state index in [0.717, 1.165) is 0 Å². The van der Waals surface area contributed by atoms with Crippen molar-refractivity contribution in [2.24, 2.45) is 11.7 Å². The molecular formula is C9H14N2O2S. The van der Waals surface area contributed by atoms with Crippen LogP contribution < -0.4 is 5.73 Å². The van der Waals surface area contributed by atoms with Gasteiger partial charge in [-0.1, -0.05) is 26.1 Å². The van der Waals surface area contributed by atoms with Crippen molar-refractivity contribution < 1.29 is 9.59 Å². The molecule has 2 amide bonds. The molecule has 1 aliphatic rings. The predicted molar refractivity (Wildman–Crippen MR) is 56.5 cm³/mol. The Morgan fingerprint density at radius 3 is 2.57 bits per heavy atom. The number of nitrogens with two attached hydrogens (primary N) is 1. The first-order valence-electron chi connectivity index (χ1n) is 4.64. The molecule has 78 valence electrons. The number of likely N-dealkylation sites (tertiary alicyclic amines) is 1. The van der Waals surface area contributed by atoms with Gasteiger partial charge >= 0.3 is 0 Å². The molecule has 1 fully saturated rings. The molecule has 1 rings (SSSR count). The fourth-order valence-electron chi connectivity index (χ4n) is 1.65. The van der Waals surface area contributed by atoms with Gasteiger partial charge < -0.3 is 5.73 Å². The van der Waals surface area contributed by atoms with Crippen LogP contribution in [0.25, 0.3) is 0 Å². The maximum atomic E-state index is 11.6. The second kappa shape index (κ2) is 4.04. The van der Waals surface area contributed by atoms with Gasteiger partial charge in [-0.2, -0.15) is 0 Å². The lowest BCUT2D eigenvalue weighted by atomic mass is 10.1. The molecule has 4 nitrogen and oxygen atoms in total. The Labute approximate surface area is 88.4 Å². The van der Waals surface area contributed by atoms with E-state index in [4.69, 9.17) is 18.0 Å². The number of rotatable bonds is 3. The van der Waals surface area contributed by atoms with Gasteiger partial charge in [0.2, 0.25) is 11.8 Å². The van der Waals surface area contributed by atoms with Crippen LogP contribution in [0.3, 0.4) is 0 Å². The number of nitrogens with zero attached hydrogens (tertiary/aromatic N) is 1. The van der Waals surface area contributed by atoms with Crippen LogP contribution in [0.15, 0.2) is 0 Å². The first-order valence-corrected chi connectivity index (χ1v) is 5.05. The highest BCUT2D eigenvalue weighted by Crippen LogP contribution is 2.22. The first kappa shape index (κ1) is 11.1. The summed E-state index contributed by atoms with van der Waals surface area (Å²) in [5.74, 6) is -0.553. The number of carbonyl (C=O) groups is 2. The van der Waals surface area contributed by atoms with E-state index in [-0.39, 0.29) is 29.1 Å². The van der Waals surface area contributed by atoms with Gasteiger partial charge in [-0.3, -0.25) is 14.5 Å². The maximum absolute atomic E-state index is 11.6. The molecule has 0 aliphatic carbocycles. The van der Waals surface area contributed by atoms with Crippen molar-refractivity contribution >= 4 is 29.0 Å². The lowest BCUT2D eigenvalue weighted by Crippen LogP contribution is -2.46. The molecule has 0 aromatic heterocycles. The molecule has 5 heteroatoms. The molecular weight excluding hydrogens is 200 g/mol. The molecule has 1 heterocycles. The minimum atomic E-state index is -0.407. The third kappa shape index (κ3) is 1.77. The van der Waals surface area contributed by atoms with Gasteiger partial charge in [0.05, 0.1) is 11.0 Å². The van der Waals surface area contributed by atoms with Crippen LogP contribution in [0, 0.1) is 5.92 Å². The lowest BCUT2D eigenvalue weighted by molar-refractivity contribution is -0.140. The highest BCUT2D eigenvalue weighted by molar-refractivity contribution is 7.80. The van der Waals surface area contributed by atoms with Crippen LogP contribution >= 0.6 is 12.2 Å². The molecule has 1 saturated heterocycles. The van der Waals surface area contributed by atoms with E-state index in [1.165, 1.54) is 4.90 Å². The zero-order chi connectivity index (χ0) is 10.9. The first-order chi connectivity index (χ1) is 6.49. The Balaban J connectivity index is 2.90. The number of hydrogen-bond donors (Lipinski definition) is 1. The lowest BCUT2D eigenvalue weighted by Gasteiger charge is -2.24. The summed E-state index contributed by atoms with van der Waals surface area (Å²) in [5, 5.41) is 0. The standard InChI is InChI=1S/C9H14N2O2S/c1-3-6(8(10)14)11-7(12)4-5(2)9(11)13/h5-6H,3-4H2,1-2H3,(H2,10,14). The summed E-state index contributed by atoms with van der Waals surface area (Å²) in [6, 6.07) is -0.407. The monoisotopic (exact) mass is 214 g/mol. The molecule has 2 atom stereocenters. The van der Waals surface area contributed by atoms with Crippen molar-refractivity contribution in [2.75, 3.05) is 0 Å². The molecule has 1 aliphatic heterocycles. The van der Waals surface area contributed by atoms with Crippen LogP contribution in [0.4, 0.5) is 0 Å². The molecule has 14 heavy (non-hydrogen) atoms. The van der Waals surface area contributed by atoms with Crippen molar-refractivity contribution in [1.82, 2.24) is 4.90 Å². The average molecular weight is 214 g/mol. The summed E-state index contributed by atoms with van der Waals surface area (Å²) in [4.78, 5) is 24.5. The van der Waals surface area contributed by atoms with Crippen molar-refractivity contribution in [1.29, 1.82) is 0 Å². The Kier molecular flexibility index (Phi) is 3.21. The molecule has 0 bridgehead atoms. The summed E-state index contributed by atoms with van der Waals surface area (Å²) >= 11 is 4.83. The summed E-state index contributed by atoms with van der Waals surface area (Å²) in [7, 11) is 0. The van der Waals surface area contributed by atoms with Gasteiger partial charge in [0.1, 0.15) is 0 Å². The summed E-state index contributed by atoms with van der Waals surface area (Å²) in [6.07, 6.45) is 0.859. The van der Waals surface area contributed by atoms with Crippen molar-refractivity contribution in [3.8, 4) is 0 Å². The molecule has 0 radical (unpaired) electrons. The normalized spacial score (nSPS) is 24.1. The fourth-order valence-corrected chi connectivity index (χ4v) is 1.92. The van der Waals surface area contributed by atoms with Gasteiger partial charge in [-0.15, -0.1) is 0 Å². The van der Waals surface area contributed by atoms with Crippen LogP contribution in [0.2, 0.25) is 0 Å². The van der Waals surface area contributed by atoms with E-state index in [1.54, 1.807) is 6.92 Å². The third-order valence-corrected chi connectivity index (χ3v) is 2.71. The minimum absolute atomic E-state index is 0.158. The quantitative estimate of drug-likeness (QED) is 0.547. The Bertz CT molecular complexity index is 291. The Morgan fingerprint density at radius 1 is 1.71 bits per heavy atom. The second-order valence-electron chi connectivity index (χ2n) is 3.53. The Hall–Kier alpha value is -0.970. The molecule has 2 N–H and O–H groups in total. The van der Waals surface area contributed by atoms with Crippen LogP contribution in [-0.4, -0.2) is 27.7 Å². The average Bonchev–Trinajstić information content (AvgIpc) is 2.32. The number of thiocarbonyl (C=S) groups is 1. The van der Waals surface area contributed by atoms with E-state index >= 15 is 0 Å². The zero-order valence-corrected chi connectivity index (χ0v) is 9.13. The number of hydrogen-bond acceptors (Lipinski definition) is 3. The smallest absolute Gasteiger partial charge is 0.233 e. The van der Waals surface area contributed by atoms with E-state index < -0.39 is 6.04 Å². The van der Waals surface area contributed by atoms with Crippen molar-refractivity contribution in [3.63, 3.8) is 0 Å². The molecule has 0 aromatic rings. The van der Waals surface area contributed by atoms with E-state index in [2.05, 4.69) is 0 Å². The van der Waals surface area contributed by atoms with E-state index in [9.17, 15) is 9.59 Å². The zero-order valence-electron chi connectivity index (χ0n) is 8.32. The second-order valence-corrected chi connectivity index (χ2v) is 4.00. The number of carbonyl (C=O) groups excluding carboxylic acids is 2. The van der Waals surface area contributed by atoms with Crippen LogP contribution in [0.5, 0.6) is 0 Å². The van der Waals surface area contributed by atoms with Crippen molar-refractivity contribution in [2.45, 2.75) is 32.7 Å².